The zero-order valence-corrected chi connectivity index (χ0v) is 10.8. The van der Waals surface area contributed by atoms with Crippen LogP contribution in [0.5, 0.6) is 5.75 Å². The molecule has 0 saturated carbocycles. The number of methoxy groups -OCH3 is 1. The predicted molar refractivity (Wildman–Crippen MR) is 71.2 cm³/mol. The summed E-state index contributed by atoms with van der Waals surface area (Å²) in [6.45, 7) is 1.27. The van der Waals surface area contributed by atoms with Crippen LogP contribution in [0.3, 0.4) is 0 Å². The maximum atomic E-state index is 12.1. The van der Waals surface area contributed by atoms with Crippen molar-refractivity contribution in [2.24, 2.45) is 0 Å². The van der Waals surface area contributed by atoms with Gasteiger partial charge in [0, 0.05) is 24.8 Å². The number of urea groups is 1. The van der Waals surface area contributed by atoms with E-state index >= 15 is 0 Å². The normalized spacial score (nSPS) is 15.4. The molecule has 3 amide bonds. The van der Waals surface area contributed by atoms with Crippen LogP contribution in [-0.2, 0) is 4.79 Å². The summed E-state index contributed by atoms with van der Waals surface area (Å²) in [6, 6.07) is 6.83. The molecule has 0 aromatic heterocycles. The molecule has 1 heterocycles. The number of rotatable bonds is 2. The van der Waals surface area contributed by atoms with Crippen molar-refractivity contribution >= 4 is 17.6 Å². The highest BCUT2D eigenvalue weighted by molar-refractivity contribution is 5.92. The van der Waals surface area contributed by atoms with E-state index in [0.29, 0.717) is 24.5 Å². The van der Waals surface area contributed by atoms with Crippen molar-refractivity contribution < 1.29 is 14.3 Å². The molecular formula is C13H17N3O3. The summed E-state index contributed by atoms with van der Waals surface area (Å²) in [4.78, 5) is 25.0. The Kier molecular flexibility index (Phi) is 4.22. The molecule has 6 nitrogen and oxygen atoms in total. The van der Waals surface area contributed by atoms with Crippen molar-refractivity contribution in [3.8, 4) is 5.75 Å². The molecule has 6 heteroatoms. The predicted octanol–water partition coefficient (Wildman–Crippen LogP) is 1.05. The van der Waals surface area contributed by atoms with Crippen molar-refractivity contribution in [2.45, 2.75) is 6.42 Å². The third-order valence-electron chi connectivity index (χ3n) is 2.87. The lowest BCUT2D eigenvalue weighted by molar-refractivity contribution is -0.120. The van der Waals surface area contributed by atoms with Gasteiger partial charge in [0.15, 0.2) is 0 Å². The molecule has 2 N–H and O–H groups in total. The topological polar surface area (TPSA) is 70.7 Å². The highest BCUT2D eigenvalue weighted by Gasteiger charge is 2.19. The molecule has 19 heavy (non-hydrogen) atoms. The molecule has 0 aliphatic carbocycles. The SMILES string of the molecule is COc1cccc(NC(=O)N2CCCNC(=O)C2)c1. The van der Waals surface area contributed by atoms with Crippen molar-refractivity contribution in [1.82, 2.24) is 10.2 Å². The summed E-state index contributed by atoms with van der Waals surface area (Å²) in [7, 11) is 1.57. The van der Waals surface area contributed by atoms with Gasteiger partial charge in [-0.1, -0.05) is 6.07 Å². The van der Waals surface area contributed by atoms with Crippen molar-refractivity contribution in [3.63, 3.8) is 0 Å². The lowest BCUT2D eigenvalue weighted by Gasteiger charge is -2.19. The Bertz CT molecular complexity index is 476. The first kappa shape index (κ1) is 13.2. The van der Waals surface area contributed by atoms with Crippen molar-refractivity contribution in [3.05, 3.63) is 24.3 Å². The number of ether oxygens (including phenoxy) is 1. The molecule has 1 saturated heterocycles. The van der Waals surface area contributed by atoms with Gasteiger partial charge in [-0.25, -0.2) is 4.79 Å². The maximum absolute atomic E-state index is 12.1. The molecule has 1 aromatic rings. The van der Waals surface area contributed by atoms with E-state index < -0.39 is 0 Å². The van der Waals surface area contributed by atoms with E-state index in [0.717, 1.165) is 6.42 Å². The fourth-order valence-corrected chi connectivity index (χ4v) is 1.88. The number of hydrogen-bond acceptors (Lipinski definition) is 3. The Morgan fingerprint density at radius 1 is 1.47 bits per heavy atom. The standard InChI is InChI=1S/C13H17N3O3/c1-19-11-5-2-4-10(8-11)15-13(18)16-7-3-6-14-12(17)9-16/h2,4-5,8H,3,6-7,9H2,1H3,(H,14,17)(H,15,18). The van der Waals surface area contributed by atoms with Gasteiger partial charge in [-0.05, 0) is 18.6 Å². The number of nitrogens with zero attached hydrogens (tertiary/aromatic N) is 1. The third-order valence-corrected chi connectivity index (χ3v) is 2.87. The highest BCUT2D eigenvalue weighted by Crippen LogP contribution is 2.17. The zero-order chi connectivity index (χ0) is 13.7. The van der Waals surface area contributed by atoms with Gasteiger partial charge in [0.25, 0.3) is 0 Å². The molecule has 0 spiro atoms. The zero-order valence-electron chi connectivity index (χ0n) is 10.8. The lowest BCUT2D eigenvalue weighted by atomic mass is 10.3. The molecule has 0 radical (unpaired) electrons. The molecule has 0 unspecified atom stereocenters. The first-order valence-electron chi connectivity index (χ1n) is 6.16. The van der Waals surface area contributed by atoms with Gasteiger partial charge in [-0.15, -0.1) is 0 Å². The quantitative estimate of drug-likeness (QED) is 0.837. The van der Waals surface area contributed by atoms with Crippen molar-refractivity contribution in [2.75, 3.05) is 32.1 Å². The average Bonchev–Trinajstić information content (AvgIpc) is 2.63. The van der Waals surface area contributed by atoms with Gasteiger partial charge in [0.2, 0.25) is 5.91 Å². The fraction of sp³-hybridized carbons (Fsp3) is 0.385. The van der Waals surface area contributed by atoms with Gasteiger partial charge in [-0.2, -0.15) is 0 Å². The van der Waals surface area contributed by atoms with E-state index in [9.17, 15) is 9.59 Å². The Balaban J connectivity index is 2.01. The van der Waals surface area contributed by atoms with Crippen LogP contribution >= 0.6 is 0 Å². The van der Waals surface area contributed by atoms with E-state index in [2.05, 4.69) is 10.6 Å². The van der Waals surface area contributed by atoms with Gasteiger partial charge >= 0.3 is 6.03 Å². The van der Waals surface area contributed by atoms with Crippen LogP contribution in [0.2, 0.25) is 0 Å². The minimum Gasteiger partial charge on any atom is -0.497 e. The highest BCUT2D eigenvalue weighted by atomic mass is 16.5. The maximum Gasteiger partial charge on any atom is 0.322 e. The summed E-state index contributed by atoms with van der Waals surface area (Å²) in [6.07, 6.45) is 0.761. The summed E-state index contributed by atoms with van der Waals surface area (Å²) in [5.74, 6) is 0.546. The average molecular weight is 263 g/mol. The number of amides is 3. The summed E-state index contributed by atoms with van der Waals surface area (Å²) in [5, 5.41) is 5.49. The fourth-order valence-electron chi connectivity index (χ4n) is 1.88. The van der Waals surface area contributed by atoms with E-state index in [1.165, 1.54) is 4.90 Å². The van der Waals surface area contributed by atoms with E-state index in [1.54, 1.807) is 31.4 Å². The van der Waals surface area contributed by atoms with E-state index in [4.69, 9.17) is 4.74 Å². The molecule has 102 valence electrons. The number of carbonyl (C=O) groups is 2. The van der Waals surface area contributed by atoms with Crippen LogP contribution in [0.4, 0.5) is 10.5 Å². The number of carbonyl (C=O) groups excluding carboxylic acids is 2. The molecule has 0 bridgehead atoms. The summed E-state index contributed by atoms with van der Waals surface area (Å²) >= 11 is 0. The number of anilines is 1. The van der Waals surface area contributed by atoms with Gasteiger partial charge in [0.1, 0.15) is 12.3 Å². The third kappa shape index (κ3) is 3.61. The molecule has 0 atom stereocenters. The Labute approximate surface area is 111 Å². The van der Waals surface area contributed by atoms with Crippen LogP contribution < -0.4 is 15.4 Å². The van der Waals surface area contributed by atoms with E-state index in [1.807, 2.05) is 0 Å². The minimum absolute atomic E-state index is 0.0931. The second-order valence-corrected chi connectivity index (χ2v) is 4.29. The largest absolute Gasteiger partial charge is 0.497 e. The van der Waals surface area contributed by atoms with Crippen LogP contribution in [0, 0.1) is 0 Å². The Morgan fingerprint density at radius 3 is 3.11 bits per heavy atom. The van der Waals surface area contributed by atoms with Crippen LogP contribution in [0.15, 0.2) is 24.3 Å². The van der Waals surface area contributed by atoms with Crippen molar-refractivity contribution in [1.29, 1.82) is 0 Å². The second kappa shape index (κ2) is 6.08. The minimum atomic E-state index is -0.273. The lowest BCUT2D eigenvalue weighted by Crippen LogP contribution is -2.39. The molecular weight excluding hydrogens is 246 g/mol. The van der Waals surface area contributed by atoms with Gasteiger partial charge in [-0.3, -0.25) is 4.79 Å². The first-order valence-corrected chi connectivity index (χ1v) is 6.16. The van der Waals surface area contributed by atoms with Gasteiger partial charge < -0.3 is 20.3 Å². The molecule has 1 aliphatic heterocycles. The van der Waals surface area contributed by atoms with Crippen LogP contribution in [-0.4, -0.2) is 43.6 Å². The van der Waals surface area contributed by atoms with Gasteiger partial charge in [0.05, 0.1) is 7.11 Å². The second-order valence-electron chi connectivity index (χ2n) is 4.29. The molecule has 1 fully saturated rings. The summed E-state index contributed by atoms with van der Waals surface area (Å²) < 4.78 is 5.09. The Hall–Kier alpha value is -2.24. The van der Waals surface area contributed by atoms with Crippen LogP contribution in [0.25, 0.3) is 0 Å². The monoisotopic (exact) mass is 263 g/mol. The number of hydrogen-bond donors (Lipinski definition) is 2. The smallest absolute Gasteiger partial charge is 0.322 e. The molecule has 2 rings (SSSR count). The van der Waals surface area contributed by atoms with E-state index in [-0.39, 0.29) is 18.5 Å². The summed E-state index contributed by atoms with van der Waals surface area (Å²) in [5.41, 5.74) is 0.647. The molecule has 1 aromatic carbocycles. The Morgan fingerprint density at radius 2 is 2.32 bits per heavy atom. The van der Waals surface area contributed by atoms with Crippen LogP contribution in [0.1, 0.15) is 6.42 Å². The first-order chi connectivity index (χ1) is 9.19. The molecule has 1 aliphatic rings. The number of nitrogens with one attached hydrogen (secondary N) is 2. The number of benzene rings is 1.